The van der Waals surface area contributed by atoms with Gasteiger partial charge >= 0.3 is 0 Å². The highest BCUT2D eigenvalue weighted by Gasteiger charge is 2.58. The summed E-state index contributed by atoms with van der Waals surface area (Å²) in [7, 11) is 0. The molecule has 3 heterocycles. The summed E-state index contributed by atoms with van der Waals surface area (Å²) in [5.74, 6) is -0.906. The van der Waals surface area contributed by atoms with Crippen molar-refractivity contribution >= 4 is 23.2 Å². The molecule has 0 bridgehead atoms. The minimum absolute atomic E-state index is 0.191. The van der Waals surface area contributed by atoms with E-state index in [0.717, 1.165) is 24.3 Å². The number of rotatable bonds is 5. The summed E-state index contributed by atoms with van der Waals surface area (Å²) < 4.78 is 23.5. The van der Waals surface area contributed by atoms with E-state index < -0.39 is 5.79 Å². The van der Waals surface area contributed by atoms with E-state index in [2.05, 4.69) is 4.90 Å². The number of morpholine rings is 1. The van der Waals surface area contributed by atoms with Crippen molar-refractivity contribution in [2.24, 2.45) is 0 Å². The molecule has 2 aromatic rings. The zero-order valence-corrected chi connectivity index (χ0v) is 17.2. The molecular weight excluding hydrogens is 408 g/mol. The predicted molar refractivity (Wildman–Crippen MR) is 111 cm³/mol. The molecule has 7 nitrogen and oxygen atoms in total. The fourth-order valence-electron chi connectivity index (χ4n) is 4.04. The third kappa shape index (κ3) is 3.57. The van der Waals surface area contributed by atoms with Crippen LogP contribution in [-0.2, 0) is 24.8 Å². The number of carbonyl (C=O) groups excluding carboxylic acids is 1. The van der Waals surface area contributed by atoms with Crippen LogP contribution in [0.4, 0.5) is 5.69 Å². The van der Waals surface area contributed by atoms with Crippen molar-refractivity contribution < 1.29 is 23.7 Å². The Morgan fingerprint density at radius 3 is 2.67 bits per heavy atom. The third-order valence-corrected chi connectivity index (χ3v) is 5.83. The second kappa shape index (κ2) is 8.17. The summed E-state index contributed by atoms with van der Waals surface area (Å²) in [6.07, 6.45) is -0.360. The predicted octanol–water partition coefficient (Wildman–Crippen LogP) is 2.62. The van der Waals surface area contributed by atoms with Crippen LogP contribution in [0, 0.1) is 0 Å². The summed E-state index contributed by atoms with van der Waals surface area (Å²) in [5, 5.41) is 0.648. The number of amides is 1. The van der Waals surface area contributed by atoms with Gasteiger partial charge in [-0.1, -0.05) is 29.8 Å². The molecule has 1 spiro atoms. The maximum atomic E-state index is 13.5. The number of hydrogen-bond acceptors (Lipinski definition) is 6. The van der Waals surface area contributed by atoms with Gasteiger partial charge in [0.25, 0.3) is 11.7 Å². The molecule has 0 radical (unpaired) electrons. The van der Waals surface area contributed by atoms with Gasteiger partial charge in [-0.25, -0.2) is 0 Å². The highest BCUT2D eigenvalue weighted by atomic mass is 35.5. The lowest BCUT2D eigenvalue weighted by Crippen LogP contribution is -2.49. The van der Waals surface area contributed by atoms with Gasteiger partial charge < -0.3 is 18.9 Å². The van der Waals surface area contributed by atoms with Crippen LogP contribution < -0.4 is 9.64 Å². The third-order valence-electron chi connectivity index (χ3n) is 5.58. The molecular formula is C22H23ClN2O5. The van der Waals surface area contributed by atoms with Crippen molar-refractivity contribution in [1.29, 1.82) is 0 Å². The number of anilines is 1. The van der Waals surface area contributed by atoms with Crippen LogP contribution in [0.25, 0.3) is 0 Å². The van der Waals surface area contributed by atoms with E-state index in [9.17, 15) is 4.79 Å². The van der Waals surface area contributed by atoms with Crippen molar-refractivity contribution in [2.75, 3.05) is 51.1 Å². The minimum Gasteiger partial charge on any atom is -0.491 e. The van der Waals surface area contributed by atoms with Crippen LogP contribution in [0.5, 0.6) is 5.75 Å². The van der Waals surface area contributed by atoms with Crippen LogP contribution in [0.1, 0.15) is 5.56 Å². The molecule has 0 aliphatic carbocycles. The number of fused-ring (bicyclic) bond motifs is 2. The fourth-order valence-corrected chi connectivity index (χ4v) is 4.17. The van der Waals surface area contributed by atoms with Gasteiger partial charge in [-0.2, -0.15) is 0 Å². The molecule has 0 saturated carbocycles. The van der Waals surface area contributed by atoms with Crippen molar-refractivity contribution in [3.63, 3.8) is 0 Å². The number of halogens is 1. The average molecular weight is 431 g/mol. The topological polar surface area (TPSA) is 60.5 Å². The quantitative estimate of drug-likeness (QED) is 0.726. The Labute approximate surface area is 180 Å². The van der Waals surface area contributed by atoms with Crippen LogP contribution in [0.2, 0.25) is 5.02 Å². The van der Waals surface area contributed by atoms with Gasteiger partial charge in [-0.3, -0.25) is 14.6 Å². The molecule has 3 aliphatic rings. The smallest absolute Gasteiger partial charge is 0.293 e. The largest absolute Gasteiger partial charge is 0.491 e. The van der Waals surface area contributed by atoms with Gasteiger partial charge in [-0.05, 0) is 30.3 Å². The standard InChI is InChI=1S/C22H23ClN2O5/c23-16-5-7-17(8-6-16)28-13-18-14-29-22(30-18)19-3-1-2-4-20(19)25(21(22)26)15-24-9-11-27-12-10-24/h1-8,18H,9-15H2. The first-order valence-electron chi connectivity index (χ1n) is 10.1. The van der Waals surface area contributed by atoms with Gasteiger partial charge in [0.15, 0.2) is 0 Å². The van der Waals surface area contributed by atoms with Crippen molar-refractivity contribution in [1.82, 2.24) is 4.90 Å². The molecule has 0 aromatic heterocycles. The van der Waals surface area contributed by atoms with Gasteiger partial charge in [0, 0.05) is 23.7 Å². The average Bonchev–Trinajstić information content (AvgIpc) is 3.31. The normalized spacial score (nSPS) is 26.4. The number of carbonyl (C=O) groups is 1. The Morgan fingerprint density at radius 1 is 1.10 bits per heavy atom. The summed E-state index contributed by atoms with van der Waals surface area (Å²) >= 11 is 5.92. The van der Waals surface area contributed by atoms with Gasteiger partial charge in [0.05, 0.1) is 32.2 Å². The van der Waals surface area contributed by atoms with Gasteiger partial charge in [-0.15, -0.1) is 0 Å². The monoisotopic (exact) mass is 430 g/mol. The lowest BCUT2D eigenvalue weighted by atomic mass is 10.1. The Bertz CT molecular complexity index is 918. The number of ether oxygens (including phenoxy) is 4. The zero-order valence-electron chi connectivity index (χ0n) is 16.5. The molecule has 158 valence electrons. The van der Waals surface area contributed by atoms with Crippen LogP contribution in [0.3, 0.4) is 0 Å². The Balaban J connectivity index is 1.32. The lowest BCUT2D eigenvalue weighted by Gasteiger charge is -2.31. The molecule has 5 rings (SSSR count). The van der Waals surface area contributed by atoms with Crippen molar-refractivity contribution in [3.05, 3.63) is 59.1 Å². The number of benzene rings is 2. The summed E-state index contributed by atoms with van der Waals surface area (Å²) in [5.41, 5.74) is 1.57. The Morgan fingerprint density at radius 2 is 1.87 bits per heavy atom. The summed E-state index contributed by atoms with van der Waals surface area (Å²) in [6, 6.07) is 14.8. The summed E-state index contributed by atoms with van der Waals surface area (Å²) in [4.78, 5) is 17.4. The van der Waals surface area contributed by atoms with Crippen LogP contribution in [0.15, 0.2) is 48.5 Å². The Kier molecular flexibility index (Phi) is 5.39. The van der Waals surface area contributed by atoms with Crippen molar-refractivity contribution in [2.45, 2.75) is 11.9 Å². The highest BCUT2D eigenvalue weighted by molar-refractivity contribution is 6.30. The first-order valence-corrected chi connectivity index (χ1v) is 10.5. The second-order valence-corrected chi connectivity index (χ2v) is 7.99. The molecule has 2 atom stereocenters. The van der Waals surface area contributed by atoms with E-state index in [-0.39, 0.29) is 25.2 Å². The maximum absolute atomic E-state index is 13.5. The van der Waals surface area contributed by atoms with E-state index in [1.165, 1.54) is 0 Å². The first kappa shape index (κ1) is 19.8. The molecule has 3 aliphatic heterocycles. The SMILES string of the molecule is O=C1N(CN2CCOCC2)c2ccccc2C12OCC(COc1ccc(Cl)cc1)O2. The van der Waals surface area contributed by atoms with E-state index in [4.69, 9.17) is 30.5 Å². The first-order chi connectivity index (χ1) is 14.7. The van der Waals surface area contributed by atoms with E-state index in [0.29, 0.717) is 30.7 Å². The molecule has 1 amide bonds. The molecule has 2 unspecified atom stereocenters. The number of nitrogens with zero attached hydrogens (tertiary/aromatic N) is 2. The van der Waals surface area contributed by atoms with Crippen LogP contribution >= 0.6 is 11.6 Å². The number of hydrogen-bond donors (Lipinski definition) is 0. The Hall–Kier alpha value is -2.16. The van der Waals surface area contributed by atoms with E-state index in [1.807, 2.05) is 24.3 Å². The molecule has 8 heteroatoms. The lowest BCUT2D eigenvalue weighted by molar-refractivity contribution is -0.187. The van der Waals surface area contributed by atoms with E-state index >= 15 is 0 Å². The molecule has 0 N–H and O–H groups in total. The number of para-hydroxylation sites is 1. The summed E-state index contributed by atoms with van der Waals surface area (Å²) in [6.45, 7) is 3.97. The maximum Gasteiger partial charge on any atom is 0.293 e. The molecule has 2 aromatic carbocycles. The van der Waals surface area contributed by atoms with Gasteiger partial charge in [0.2, 0.25) is 0 Å². The molecule has 2 saturated heterocycles. The van der Waals surface area contributed by atoms with E-state index in [1.54, 1.807) is 29.2 Å². The molecule has 2 fully saturated rings. The van der Waals surface area contributed by atoms with Crippen LogP contribution in [-0.4, -0.2) is 63.1 Å². The van der Waals surface area contributed by atoms with Gasteiger partial charge in [0.1, 0.15) is 18.5 Å². The highest BCUT2D eigenvalue weighted by Crippen LogP contribution is 2.47. The minimum atomic E-state index is -1.41. The zero-order chi connectivity index (χ0) is 20.6. The molecule has 30 heavy (non-hydrogen) atoms. The second-order valence-electron chi connectivity index (χ2n) is 7.55. The fraction of sp³-hybridized carbons (Fsp3) is 0.409. The van der Waals surface area contributed by atoms with Crippen molar-refractivity contribution in [3.8, 4) is 5.75 Å².